The second kappa shape index (κ2) is 7.31. The fourth-order valence-corrected chi connectivity index (χ4v) is 2.01. The second-order valence-electron chi connectivity index (χ2n) is 4.54. The molecule has 2 rings (SSSR count). The molecule has 0 aromatic heterocycles. The van der Waals surface area contributed by atoms with E-state index in [-0.39, 0.29) is 5.91 Å². The molecule has 2 aromatic rings. The zero-order valence-corrected chi connectivity index (χ0v) is 11.9. The number of rotatable bonds is 6. The average molecular weight is 285 g/mol. The van der Waals surface area contributed by atoms with E-state index in [9.17, 15) is 4.79 Å². The lowest BCUT2D eigenvalue weighted by Gasteiger charge is -2.09. The van der Waals surface area contributed by atoms with E-state index in [0.717, 1.165) is 17.7 Å². The third-order valence-corrected chi connectivity index (χ3v) is 3.19. The lowest BCUT2D eigenvalue weighted by Crippen LogP contribution is -2.27. The molecule has 5 heteroatoms. The Kier molecular flexibility index (Phi) is 5.17. The Bertz CT molecular complexity index is 597. The molecule has 5 nitrogen and oxygen atoms in total. The molecule has 21 heavy (non-hydrogen) atoms. The Morgan fingerprint density at radius 3 is 2.52 bits per heavy atom. The lowest BCUT2D eigenvalue weighted by atomic mass is 10.1. The van der Waals surface area contributed by atoms with Gasteiger partial charge in [-0.15, -0.1) is 0 Å². The highest BCUT2D eigenvalue weighted by Gasteiger charge is 2.09. The van der Waals surface area contributed by atoms with Crippen molar-refractivity contribution >= 4 is 11.6 Å². The molecule has 2 aromatic carbocycles. The van der Waals surface area contributed by atoms with Crippen molar-refractivity contribution in [2.24, 2.45) is 5.84 Å². The fourth-order valence-electron chi connectivity index (χ4n) is 2.01. The van der Waals surface area contributed by atoms with E-state index in [1.807, 2.05) is 30.3 Å². The summed E-state index contributed by atoms with van der Waals surface area (Å²) in [6.45, 7) is 0.560. The molecule has 0 radical (unpaired) electrons. The van der Waals surface area contributed by atoms with Crippen molar-refractivity contribution in [3.8, 4) is 5.75 Å². The number of ether oxygens (including phenoxy) is 1. The number of nitrogens with two attached hydrogens (primary N) is 1. The Hall–Kier alpha value is -2.53. The van der Waals surface area contributed by atoms with Gasteiger partial charge in [-0.2, -0.15) is 0 Å². The van der Waals surface area contributed by atoms with Gasteiger partial charge in [-0.05, 0) is 36.2 Å². The molecule has 0 atom stereocenters. The highest BCUT2D eigenvalue weighted by atomic mass is 16.5. The normalized spacial score (nSPS) is 10.0. The van der Waals surface area contributed by atoms with Crippen molar-refractivity contribution in [3.63, 3.8) is 0 Å². The summed E-state index contributed by atoms with van der Waals surface area (Å²) in [5, 5.41) is 2.89. The maximum Gasteiger partial charge on any atom is 0.253 e. The lowest BCUT2D eigenvalue weighted by molar-refractivity contribution is 0.0955. The smallest absolute Gasteiger partial charge is 0.253 e. The summed E-state index contributed by atoms with van der Waals surface area (Å²) < 4.78 is 5.11. The van der Waals surface area contributed by atoms with E-state index in [1.54, 1.807) is 25.3 Å². The van der Waals surface area contributed by atoms with Crippen LogP contribution >= 0.6 is 0 Å². The molecule has 110 valence electrons. The minimum atomic E-state index is -0.142. The molecule has 4 N–H and O–H groups in total. The predicted molar refractivity (Wildman–Crippen MR) is 83.3 cm³/mol. The number of hydrogen-bond acceptors (Lipinski definition) is 4. The number of amides is 1. The molecule has 1 amide bonds. The van der Waals surface area contributed by atoms with Gasteiger partial charge in [0.05, 0.1) is 18.4 Å². The van der Waals surface area contributed by atoms with Gasteiger partial charge in [0, 0.05) is 6.54 Å². The predicted octanol–water partition coefficient (Wildman–Crippen LogP) is 1.95. The van der Waals surface area contributed by atoms with Gasteiger partial charge in [-0.3, -0.25) is 10.6 Å². The molecule has 0 aliphatic heterocycles. The summed E-state index contributed by atoms with van der Waals surface area (Å²) >= 11 is 0. The van der Waals surface area contributed by atoms with Crippen LogP contribution < -0.4 is 21.3 Å². The zero-order valence-electron chi connectivity index (χ0n) is 11.9. The van der Waals surface area contributed by atoms with Gasteiger partial charge in [0.15, 0.2) is 0 Å². The first kappa shape index (κ1) is 14.9. The Labute approximate surface area is 124 Å². The van der Waals surface area contributed by atoms with Gasteiger partial charge >= 0.3 is 0 Å². The molecule has 0 spiro atoms. The van der Waals surface area contributed by atoms with Crippen LogP contribution in [0.1, 0.15) is 15.9 Å². The van der Waals surface area contributed by atoms with Crippen molar-refractivity contribution in [3.05, 3.63) is 59.7 Å². The van der Waals surface area contributed by atoms with E-state index < -0.39 is 0 Å². The average Bonchev–Trinajstić information content (AvgIpc) is 2.55. The van der Waals surface area contributed by atoms with Crippen LogP contribution in [0.25, 0.3) is 0 Å². The molecular weight excluding hydrogens is 266 g/mol. The van der Waals surface area contributed by atoms with Crippen molar-refractivity contribution in [1.82, 2.24) is 5.32 Å². The summed E-state index contributed by atoms with van der Waals surface area (Å²) in [6.07, 6.45) is 0.758. The quantitative estimate of drug-likeness (QED) is 0.560. The Morgan fingerprint density at radius 2 is 1.86 bits per heavy atom. The van der Waals surface area contributed by atoms with E-state index in [0.29, 0.717) is 17.8 Å². The molecule has 0 fully saturated rings. The highest BCUT2D eigenvalue weighted by molar-refractivity contribution is 5.99. The minimum Gasteiger partial charge on any atom is -0.497 e. The summed E-state index contributed by atoms with van der Waals surface area (Å²) in [4.78, 5) is 12.1. The first-order valence-electron chi connectivity index (χ1n) is 6.71. The molecule has 0 saturated carbocycles. The molecule has 0 aliphatic rings. The number of nitrogen functional groups attached to an aromatic ring is 1. The number of nitrogens with one attached hydrogen (secondary N) is 2. The van der Waals surface area contributed by atoms with Gasteiger partial charge in [0.1, 0.15) is 5.75 Å². The van der Waals surface area contributed by atoms with E-state index >= 15 is 0 Å². The van der Waals surface area contributed by atoms with Crippen molar-refractivity contribution in [1.29, 1.82) is 0 Å². The monoisotopic (exact) mass is 285 g/mol. The minimum absolute atomic E-state index is 0.142. The van der Waals surface area contributed by atoms with Crippen LogP contribution in [0.5, 0.6) is 5.75 Å². The summed E-state index contributed by atoms with van der Waals surface area (Å²) in [5.41, 5.74) is 4.81. The molecule has 0 saturated heterocycles. The summed E-state index contributed by atoms with van der Waals surface area (Å²) in [7, 11) is 1.64. The molecular formula is C16H19N3O2. The fraction of sp³-hybridized carbons (Fsp3) is 0.188. The van der Waals surface area contributed by atoms with Crippen LogP contribution in [0.15, 0.2) is 48.5 Å². The Balaban J connectivity index is 1.89. The molecule has 0 unspecified atom stereocenters. The van der Waals surface area contributed by atoms with Crippen LogP contribution in [0, 0.1) is 0 Å². The maximum absolute atomic E-state index is 12.1. The van der Waals surface area contributed by atoms with Crippen LogP contribution in [0.3, 0.4) is 0 Å². The maximum atomic E-state index is 12.1. The summed E-state index contributed by atoms with van der Waals surface area (Å²) in [6, 6.07) is 14.9. The first-order valence-corrected chi connectivity index (χ1v) is 6.71. The number of hydrazine groups is 1. The van der Waals surface area contributed by atoms with Gasteiger partial charge in [-0.25, -0.2) is 0 Å². The van der Waals surface area contributed by atoms with Crippen molar-refractivity contribution in [2.75, 3.05) is 19.1 Å². The van der Waals surface area contributed by atoms with Crippen LogP contribution in [0.4, 0.5) is 5.69 Å². The van der Waals surface area contributed by atoms with Crippen LogP contribution in [-0.2, 0) is 6.42 Å². The topological polar surface area (TPSA) is 76.4 Å². The number of para-hydroxylation sites is 1. The summed E-state index contributed by atoms with van der Waals surface area (Å²) in [5.74, 6) is 6.08. The molecule has 0 bridgehead atoms. The van der Waals surface area contributed by atoms with Gasteiger partial charge in [-0.1, -0.05) is 24.3 Å². The van der Waals surface area contributed by atoms with E-state index in [2.05, 4.69) is 10.7 Å². The second-order valence-corrected chi connectivity index (χ2v) is 4.54. The molecule has 0 aliphatic carbocycles. The first-order chi connectivity index (χ1) is 10.2. The van der Waals surface area contributed by atoms with Crippen LogP contribution in [-0.4, -0.2) is 19.6 Å². The SMILES string of the molecule is COc1ccc(CCNC(=O)c2ccccc2NN)cc1. The van der Waals surface area contributed by atoms with E-state index in [4.69, 9.17) is 10.6 Å². The standard InChI is InChI=1S/C16H19N3O2/c1-21-13-8-6-12(7-9-13)10-11-18-16(20)14-4-2-3-5-15(14)19-17/h2-9,19H,10-11,17H2,1H3,(H,18,20). The van der Waals surface area contributed by atoms with Gasteiger partial charge < -0.3 is 15.5 Å². The van der Waals surface area contributed by atoms with E-state index in [1.165, 1.54) is 0 Å². The third kappa shape index (κ3) is 3.97. The van der Waals surface area contributed by atoms with Crippen molar-refractivity contribution in [2.45, 2.75) is 6.42 Å². The Morgan fingerprint density at radius 1 is 1.14 bits per heavy atom. The number of carbonyl (C=O) groups excluding carboxylic acids is 1. The third-order valence-electron chi connectivity index (χ3n) is 3.19. The highest BCUT2D eigenvalue weighted by Crippen LogP contribution is 2.13. The number of anilines is 1. The zero-order chi connectivity index (χ0) is 15.1. The molecule has 0 heterocycles. The number of methoxy groups -OCH3 is 1. The van der Waals surface area contributed by atoms with Crippen molar-refractivity contribution < 1.29 is 9.53 Å². The number of carbonyl (C=O) groups is 1. The van der Waals surface area contributed by atoms with Gasteiger partial charge in [0.2, 0.25) is 0 Å². The van der Waals surface area contributed by atoms with Crippen LogP contribution in [0.2, 0.25) is 0 Å². The largest absolute Gasteiger partial charge is 0.497 e. The van der Waals surface area contributed by atoms with Gasteiger partial charge in [0.25, 0.3) is 5.91 Å². The number of hydrogen-bond donors (Lipinski definition) is 3. The number of benzene rings is 2.